The summed E-state index contributed by atoms with van der Waals surface area (Å²) in [6, 6.07) is 6.06. The third-order valence-corrected chi connectivity index (χ3v) is 3.30. The second-order valence-electron chi connectivity index (χ2n) is 4.62. The molecule has 1 aromatic rings. The lowest BCUT2D eigenvalue weighted by Gasteiger charge is -2.29. The van der Waals surface area contributed by atoms with Crippen LogP contribution in [0.4, 0.5) is 4.79 Å². The van der Waals surface area contributed by atoms with E-state index in [9.17, 15) is 9.59 Å². The lowest BCUT2D eigenvalue weighted by molar-refractivity contribution is -0.139. The number of nitrogens with one attached hydrogen (secondary N) is 2. The number of esters is 1. The monoisotopic (exact) mass is 305 g/mol. The molecule has 7 heteroatoms. The van der Waals surface area contributed by atoms with Crippen molar-refractivity contribution in [1.82, 2.24) is 10.6 Å². The van der Waals surface area contributed by atoms with Gasteiger partial charge in [0.25, 0.3) is 0 Å². The Bertz CT molecular complexity index is 595. The number of ether oxygens (including phenoxy) is 2. The van der Waals surface area contributed by atoms with Crippen molar-refractivity contribution in [3.8, 4) is 5.75 Å². The number of nitrogens with two attached hydrogens (primary N) is 1. The molecule has 1 aliphatic heterocycles. The predicted octanol–water partition coefficient (Wildman–Crippen LogP) is 0.825. The van der Waals surface area contributed by atoms with Crippen molar-refractivity contribution >= 4 is 12.0 Å². The SMILES string of the molecule is CCOC(=O)C1=C(CN)NC(=O)NC1c1ccc(OC)cc1. The summed E-state index contributed by atoms with van der Waals surface area (Å²) in [5, 5.41) is 5.28. The first-order valence-corrected chi connectivity index (χ1v) is 6.92. The molecular formula is C15H19N3O4. The molecule has 118 valence electrons. The highest BCUT2D eigenvalue weighted by atomic mass is 16.5. The Morgan fingerprint density at radius 3 is 2.55 bits per heavy atom. The molecule has 0 aliphatic carbocycles. The Morgan fingerprint density at radius 1 is 1.32 bits per heavy atom. The van der Waals surface area contributed by atoms with Crippen molar-refractivity contribution in [1.29, 1.82) is 0 Å². The smallest absolute Gasteiger partial charge is 0.338 e. The largest absolute Gasteiger partial charge is 0.497 e. The van der Waals surface area contributed by atoms with Gasteiger partial charge in [0.1, 0.15) is 5.75 Å². The van der Waals surface area contributed by atoms with Crippen LogP contribution in [0.5, 0.6) is 5.75 Å². The van der Waals surface area contributed by atoms with Gasteiger partial charge in [-0.1, -0.05) is 12.1 Å². The predicted molar refractivity (Wildman–Crippen MR) is 80.1 cm³/mol. The molecule has 0 radical (unpaired) electrons. The van der Waals surface area contributed by atoms with Crippen LogP contribution in [-0.4, -0.2) is 32.3 Å². The molecule has 4 N–H and O–H groups in total. The van der Waals surface area contributed by atoms with Crippen LogP contribution in [0.3, 0.4) is 0 Å². The van der Waals surface area contributed by atoms with E-state index in [1.165, 1.54) is 0 Å². The number of benzene rings is 1. The number of rotatable bonds is 5. The number of amides is 2. The first-order chi connectivity index (χ1) is 10.6. The van der Waals surface area contributed by atoms with E-state index < -0.39 is 18.0 Å². The Kier molecular flexibility index (Phi) is 5.00. The molecule has 1 unspecified atom stereocenters. The van der Waals surface area contributed by atoms with Gasteiger partial charge in [-0.05, 0) is 24.6 Å². The summed E-state index contributed by atoms with van der Waals surface area (Å²) in [7, 11) is 1.57. The number of hydrogen-bond acceptors (Lipinski definition) is 5. The number of hydrogen-bond donors (Lipinski definition) is 3. The summed E-state index contributed by atoms with van der Waals surface area (Å²) in [6.07, 6.45) is 0. The van der Waals surface area contributed by atoms with Gasteiger partial charge < -0.3 is 25.8 Å². The summed E-state index contributed by atoms with van der Waals surface area (Å²) in [5.74, 6) is 0.181. The average Bonchev–Trinajstić information content (AvgIpc) is 2.54. The van der Waals surface area contributed by atoms with Gasteiger partial charge in [-0.3, -0.25) is 0 Å². The van der Waals surface area contributed by atoms with Gasteiger partial charge in [0, 0.05) is 12.2 Å². The van der Waals surface area contributed by atoms with E-state index >= 15 is 0 Å². The van der Waals surface area contributed by atoms with Gasteiger partial charge in [0.15, 0.2) is 0 Å². The van der Waals surface area contributed by atoms with Gasteiger partial charge in [0.2, 0.25) is 0 Å². The van der Waals surface area contributed by atoms with E-state index in [1.54, 1.807) is 38.3 Å². The fourth-order valence-electron chi connectivity index (χ4n) is 2.28. The minimum atomic E-state index is -0.614. The molecule has 0 spiro atoms. The minimum absolute atomic E-state index is 0.0359. The topological polar surface area (TPSA) is 103 Å². The first kappa shape index (κ1) is 15.8. The van der Waals surface area contributed by atoms with Crippen LogP contribution in [-0.2, 0) is 9.53 Å². The van der Waals surface area contributed by atoms with Crippen molar-refractivity contribution in [3.63, 3.8) is 0 Å². The molecule has 0 bridgehead atoms. The normalized spacial score (nSPS) is 17.6. The molecule has 0 saturated carbocycles. The maximum atomic E-state index is 12.2. The fraction of sp³-hybridized carbons (Fsp3) is 0.333. The quantitative estimate of drug-likeness (QED) is 0.699. The third kappa shape index (κ3) is 3.20. The molecule has 2 rings (SSSR count). The zero-order valence-electron chi connectivity index (χ0n) is 12.5. The van der Waals surface area contributed by atoms with E-state index in [0.717, 1.165) is 5.56 Å². The summed E-state index contributed by atoms with van der Waals surface area (Å²) < 4.78 is 10.2. The zero-order valence-corrected chi connectivity index (χ0v) is 12.5. The van der Waals surface area contributed by atoms with Crippen LogP contribution in [0.15, 0.2) is 35.5 Å². The second-order valence-corrected chi connectivity index (χ2v) is 4.62. The van der Waals surface area contributed by atoms with Crippen LogP contribution in [0.1, 0.15) is 18.5 Å². The molecule has 1 aliphatic rings. The van der Waals surface area contributed by atoms with E-state index in [0.29, 0.717) is 17.0 Å². The minimum Gasteiger partial charge on any atom is -0.497 e. The van der Waals surface area contributed by atoms with Crippen molar-refractivity contribution in [2.75, 3.05) is 20.3 Å². The van der Waals surface area contributed by atoms with Crippen LogP contribution in [0.2, 0.25) is 0 Å². The van der Waals surface area contributed by atoms with Gasteiger partial charge in [-0.15, -0.1) is 0 Å². The third-order valence-electron chi connectivity index (χ3n) is 3.30. The number of urea groups is 1. The highest BCUT2D eigenvalue weighted by molar-refractivity contribution is 5.95. The number of methoxy groups -OCH3 is 1. The van der Waals surface area contributed by atoms with Crippen molar-refractivity contribution in [2.24, 2.45) is 5.73 Å². The Hall–Kier alpha value is -2.54. The molecule has 7 nitrogen and oxygen atoms in total. The maximum absolute atomic E-state index is 12.2. The van der Waals surface area contributed by atoms with E-state index in [-0.39, 0.29) is 13.2 Å². The highest BCUT2D eigenvalue weighted by Gasteiger charge is 2.33. The Labute approximate surface area is 128 Å². The average molecular weight is 305 g/mol. The zero-order chi connectivity index (χ0) is 16.1. The summed E-state index contributed by atoms with van der Waals surface area (Å²) in [5.41, 5.74) is 7.07. The molecule has 0 saturated heterocycles. The van der Waals surface area contributed by atoms with Gasteiger partial charge in [-0.25, -0.2) is 9.59 Å². The van der Waals surface area contributed by atoms with Gasteiger partial charge >= 0.3 is 12.0 Å². The highest BCUT2D eigenvalue weighted by Crippen LogP contribution is 2.28. The molecule has 0 fully saturated rings. The van der Waals surface area contributed by atoms with Crippen LogP contribution < -0.4 is 21.1 Å². The Balaban J connectivity index is 2.44. The van der Waals surface area contributed by atoms with Crippen molar-refractivity contribution in [3.05, 3.63) is 41.1 Å². The molecule has 1 atom stereocenters. The van der Waals surface area contributed by atoms with Gasteiger partial charge in [-0.2, -0.15) is 0 Å². The molecule has 0 aromatic heterocycles. The van der Waals surface area contributed by atoms with Crippen molar-refractivity contribution in [2.45, 2.75) is 13.0 Å². The second kappa shape index (κ2) is 6.95. The molecule has 22 heavy (non-hydrogen) atoms. The van der Waals surface area contributed by atoms with Gasteiger partial charge in [0.05, 0.1) is 25.3 Å². The van der Waals surface area contributed by atoms with Crippen LogP contribution in [0, 0.1) is 0 Å². The van der Waals surface area contributed by atoms with Crippen LogP contribution >= 0.6 is 0 Å². The summed E-state index contributed by atoms with van der Waals surface area (Å²) in [6.45, 7) is 2.00. The lowest BCUT2D eigenvalue weighted by atomic mass is 9.95. The van der Waals surface area contributed by atoms with E-state index in [4.69, 9.17) is 15.2 Å². The van der Waals surface area contributed by atoms with E-state index in [1.807, 2.05) is 0 Å². The fourth-order valence-corrected chi connectivity index (χ4v) is 2.28. The molecule has 1 heterocycles. The number of carbonyl (C=O) groups excluding carboxylic acids is 2. The first-order valence-electron chi connectivity index (χ1n) is 6.92. The Morgan fingerprint density at radius 2 is 2.00 bits per heavy atom. The molecule has 1 aromatic carbocycles. The van der Waals surface area contributed by atoms with Crippen molar-refractivity contribution < 1.29 is 19.1 Å². The molecular weight excluding hydrogens is 286 g/mol. The summed E-state index contributed by atoms with van der Waals surface area (Å²) >= 11 is 0. The summed E-state index contributed by atoms with van der Waals surface area (Å²) in [4.78, 5) is 24.0. The standard InChI is InChI=1S/C15H19N3O4/c1-3-22-14(19)12-11(8-16)17-15(20)18-13(12)9-4-6-10(21-2)7-5-9/h4-7,13H,3,8,16H2,1-2H3,(H2,17,18,20). The molecule has 2 amide bonds. The van der Waals surface area contributed by atoms with Crippen LogP contribution in [0.25, 0.3) is 0 Å². The lowest BCUT2D eigenvalue weighted by Crippen LogP contribution is -2.47. The van der Waals surface area contributed by atoms with E-state index in [2.05, 4.69) is 10.6 Å². The number of carbonyl (C=O) groups is 2. The maximum Gasteiger partial charge on any atom is 0.338 e.